The molecule has 126 valence electrons. The van der Waals surface area contributed by atoms with Gasteiger partial charge in [0, 0.05) is 34.4 Å². The van der Waals surface area contributed by atoms with E-state index in [4.69, 9.17) is 4.52 Å². The van der Waals surface area contributed by atoms with Crippen LogP contribution in [0.15, 0.2) is 39.3 Å². The summed E-state index contributed by atoms with van der Waals surface area (Å²) in [5.74, 6) is 1.40. The molecule has 0 spiro atoms. The quantitative estimate of drug-likeness (QED) is 0.452. The minimum absolute atomic E-state index is 0.0667. The smallest absolute Gasteiger partial charge is 0.196 e. The number of fused-ring (bicyclic) bond motifs is 2. The monoisotopic (exact) mass is 396 g/mol. The fourth-order valence-corrected chi connectivity index (χ4v) is 4.65. The molecule has 0 unspecified atom stereocenters. The molecule has 25 heavy (non-hydrogen) atoms. The molecule has 0 N–H and O–H groups in total. The molecule has 1 aromatic heterocycles. The first-order chi connectivity index (χ1) is 12.1. The highest BCUT2D eigenvalue weighted by molar-refractivity contribution is 9.10. The van der Waals surface area contributed by atoms with Crippen molar-refractivity contribution in [1.82, 2.24) is 5.16 Å². The van der Waals surface area contributed by atoms with Crippen molar-refractivity contribution >= 4 is 38.3 Å². The van der Waals surface area contributed by atoms with E-state index in [-0.39, 0.29) is 5.78 Å². The second kappa shape index (κ2) is 5.43. The minimum Gasteiger partial charge on any atom is -0.371 e. The number of carbonyl (C=O) groups is 1. The summed E-state index contributed by atoms with van der Waals surface area (Å²) in [6, 6.07) is 9.67. The van der Waals surface area contributed by atoms with E-state index in [2.05, 4.69) is 32.9 Å². The molecule has 1 atom stereocenters. The average molecular weight is 397 g/mol. The lowest BCUT2D eigenvalue weighted by Gasteiger charge is -2.34. The molecule has 0 amide bonds. The molecule has 0 bridgehead atoms. The Hall–Kier alpha value is -2.14. The molecule has 1 fully saturated rings. The molecule has 5 rings (SSSR count). The maximum Gasteiger partial charge on any atom is 0.196 e. The average Bonchev–Trinajstić information content (AvgIpc) is 3.06. The van der Waals surface area contributed by atoms with Crippen LogP contribution in [0.25, 0.3) is 22.2 Å². The minimum atomic E-state index is 0.0667. The van der Waals surface area contributed by atoms with Gasteiger partial charge in [-0.1, -0.05) is 36.3 Å². The summed E-state index contributed by atoms with van der Waals surface area (Å²) in [4.78, 5) is 15.7. The van der Waals surface area contributed by atoms with Gasteiger partial charge in [-0.3, -0.25) is 4.79 Å². The van der Waals surface area contributed by atoms with Gasteiger partial charge in [-0.15, -0.1) is 0 Å². The first kappa shape index (κ1) is 15.1. The Morgan fingerprint density at radius 1 is 1.28 bits per heavy atom. The maximum atomic E-state index is 13.3. The van der Waals surface area contributed by atoms with E-state index in [9.17, 15) is 4.79 Å². The van der Waals surface area contributed by atoms with Crippen LogP contribution in [0.1, 0.15) is 35.7 Å². The normalized spacial score (nSPS) is 19.4. The van der Waals surface area contributed by atoms with E-state index in [1.165, 1.54) is 6.42 Å². The topological polar surface area (TPSA) is 46.3 Å². The lowest BCUT2D eigenvalue weighted by atomic mass is 9.86. The summed E-state index contributed by atoms with van der Waals surface area (Å²) >= 11 is 3.63. The van der Waals surface area contributed by atoms with Gasteiger partial charge in [-0.2, -0.15) is 0 Å². The molecule has 4 nitrogen and oxygen atoms in total. The number of aromatic nitrogens is 1. The summed E-state index contributed by atoms with van der Waals surface area (Å²) in [7, 11) is 0. The van der Waals surface area contributed by atoms with E-state index in [0.717, 1.165) is 51.7 Å². The number of halogens is 1. The Morgan fingerprint density at radius 2 is 2.08 bits per heavy atom. The number of hydrogen-bond acceptors (Lipinski definition) is 4. The van der Waals surface area contributed by atoms with Gasteiger partial charge in [0.15, 0.2) is 11.5 Å². The van der Waals surface area contributed by atoms with Gasteiger partial charge in [-0.25, -0.2) is 0 Å². The highest BCUT2D eigenvalue weighted by Crippen LogP contribution is 2.46. The van der Waals surface area contributed by atoms with Crippen LogP contribution >= 0.6 is 15.9 Å². The van der Waals surface area contributed by atoms with Crippen molar-refractivity contribution in [2.45, 2.75) is 19.8 Å². The van der Waals surface area contributed by atoms with Crippen LogP contribution in [0.4, 0.5) is 5.69 Å². The van der Waals surface area contributed by atoms with E-state index in [1.54, 1.807) is 0 Å². The van der Waals surface area contributed by atoms with Crippen molar-refractivity contribution < 1.29 is 9.32 Å². The summed E-state index contributed by atoms with van der Waals surface area (Å²) in [6.07, 6.45) is 2.39. The zero-order valence-electron chi connectivity index (χ0n) is 13.9. The van der Waals surface area contributed by atoms with Gasteiger partial charge in [0.2, 0.25) is 0 Å². The van der Waals surface area contributed by atoms with Gasteiger partial charge in [0.1, 0.15) is 5.52 Å². The number of nitrogens with zero attached hydrogens (tertiary/aromatic N) is 2. The standard InChI is InChI=1S/C20H17BrN2O2/c1-11-5-4-8-23(10-11)15-9-14(21)18-17-16(15)19(24)12-6-2-3-7-13(12)20(17)25-22-18/h2-3,6-7,9,11H,4-5,8,10H2,1H3/t11-/m0/s1. The highest BCUT2D eigenvalue weighted by atomic mass is 79.9. The number of hydrogen-bond donors (Lipinski definition) is 0. The number of benzene rings is 2. The number of carbonyl (C=O) groups excluding carboxylic acids is 1. The van der Waals surface area contributed by atoms with Crippen molar-refractivity contribution in [2.75, 3.05) is 18.0 Å². The van der Waals surface area contributed by atoms with Gasteiger partial charge < -0.3 is 9.42 Å². The van der Waals surface area contributed by atoms with Gasteiger partial charge >= 0.3 is 0 Å². The third kappa shape index (κ3) is 2.11. The largest absolute Gasteiger partial charge is 0.371 e. The summed E-state index contributed by atoms with van der Waals surface area (Å²) < 4.78 is 6.54. The summed E-state index contributed by atoms with van der Waals surface area (Å²) in [5.41, 5.74) is 3.99. The number of piperidine rings is 1. The van der Waals surface area contributed by atoms with Crippen molar-refractivity contribution in [3.8, 4) is 11.3 Å². The highest BCUT2D eigenvalue weighted by Gasteiger charge is 2.34. The molecule has 0 radical (unpaired) electrons. The van der Waals surface area contributed by atoms with E-state index >= 15 is 0 Å². The fourth-order valence-electron chi connectivity index (χ4n) is 4.16. The Balaban J connectivity index is 1.83. The lowest BCUT2D eigenvalue weighted by molar-refractivity contribution is 0.104. The first-order valence-corrected chi connectivity index (χ1v) is 9.45. The third-order valence-electron chi connectivity index (χ3n) is 5.33. The van der Waals surface area contributed by atoms with Crippen LogP contribution in [0.5, 0.6) is 0 Å². The fraction of sp³-hybridized carbons (Fsp3) is 0.300. The van der Waals surface area contributed by atoms with Crippen molar-refractivity contribution in [3.63, 3.8) is 0 Å². The molecule has 1 aliphatic heterocycles. The predicted molar refractivity (Wildman–Crippen MR) is 101 cm³/mol. The van der Waals surface area contributed by atoms with Crippen molar-refractivity contribution in [2.24, 2.45) is 5.92 Å². The van der Waals surface area contributed by atoms with Crippen LogP contribution in [0, 0.1) is 5.92 Å². The second-order valence-corrected chi connectivity index (χ2v) is 7.91. The first-order valence-electron chi connectivity index (χ1n) is 8.66. The summed E-state index contributed by atoms with van der Waals surface area (Å²) in [6.45, 7) is 4.22. The van der Waals surface area contributed by atoms with Crippen LogP contribution < -0.4 is 4.90 Å². The molecular formula is C20H17BrN2O2. The van der Waals surface area contributed by atoms with Crippen LogP contribution in [0.2, 0.25) is 0 Å². The van der Waals surface area contributed by atoms with Crippen molar-refractivity contribution in [1.29, 1.82) is 0 Å². The molecule has 2 heterocycles. The molecule has 2 aliphatic rings. The zero-order chi connectivity index (χ0) is 17.1. The number of anilines is 1. The molecule has 5 heteroatoms. The molecular weight excluding hydrogens is 380 g/mol. The third-order valence-corrected chi connectivity index (χ3v) is 5.93. The molecule has 1 saturated heterocycles. The number of ketones is 1. The van der Waals surface area contributed by atoms with Crippen LogP contribution in [-0.2, 0) is 0 Å². The van der Waals surface area contributed by atoms with Crippen molar-refractivity contribution in [3.05, 3.63) is 45.9 Å². The maximum absolute atomic E-state index is 13.3. The zero-order valence-corrected chi connectivity index (χ0v) is 15.5. The second-order valence-electron chi connectivity index (χ2n) is 7.06. The van der Waals surface area contributed by atoms with E-state index in [1.807, 2.05) is 30.3 Å². The molecule has 1 aliphatic carbocycles. The van der Waals surface area contributed by atoms with Gasteiger partial charge in [0.25, 0.3) is 0 Å². The molecule has 2 aromatic carbocycles. The van der Waals surface area contributed by atoms with Crippen LogP contribution in [-0.4, -0.2) is 24.0 Å². The SMILES string of the molecule is C[C@H]1CCCN(c2cc(Br)c3noc4c3c2C(=O)c2ccccc2-4)C1. The molecule has 3 aromatic rings. The van der Waals surface area contributed by atoms with E-state index < -0.39 is 0 Å². The number of rotatable bonds is 1. The summed E-state index contributed by atoms with van der Waals surface area (Å²) in [5, 5.41) is 5.07. The molecule has 0 saturated carbocycles. The van der Waals surface area contributed by atoms with Gasteiger partial charge in [0.05, 0.1) is 10.9 Å². The van der Waals surface area contributed by atoms with E-state index in [0.29, 0.717) is 17.2 Å². The Kier molecular flexibility index (Phi) is 3.29. The Bertz CT molecular complexity index is 1020. The Labute approximate surface area is 153 Å². The predicted octanol–water partition coefficient (Wildman–Crippen LogP) is 5.04. The van der Waals surface area contributed by atoms with Gasteiger partial charge in [-0.05, 0) is 40.8 Å². The lowest BCUT2D eigenvalue weighted by Crippen LogP contribution is -2.35. The Morgan fingerprint density at radius 3 is 2.88 bits per heavy atom. The van der Waals surface area contributed by atoms with Crippen LogP contribution in [0.3, 0.4) is 0 Å².